The molecule has 1 aliphatic carbocycles. The Morgan fingerprint density at radius 2 is 2.28 bits per heavy atom. The zero-order valence-corrected chi connectivity index (χ0v) is 11.0. The number of carboxylic acid groups (broad SMARTS) is 1. The summed E-state index contributed by atoms with van der Waals surface area (Å²) in [5, 5.41) is 12.4. The predicted molar refractivity (Wildman–Crippen MR) is 72.8 cm³/mol. The highest BCUT2D eigenvalue weighted by molar-refractivity contribution is 7.17. The van der Waals surface area contributed by atoms with E-state index in [1.807, 2.05) is 13.1 Å². The highest BCUT2D eigenvalue weighted by Crippen LogP contribution is 2.37. The molecule has 0 spiro atoms. The summed E-state index contributed by atoms with van der Waals surface area (Å²) in [4.78, 5) is 13.0. The number of carboxylic acids is 1. The summed E-state index contributed by atoms with van der Waals surface area (Å²) in [6.07, 6.45) is 0.786. The fraction of sp³-hybridized carbons (Fsp3) is 0.357. The van der Waals surface area contributed by atoms with Crippen molar-refractivity contribution >= 4 is 27.4 Å². The van der Waals surface area contributed by atoms with Crippen LogP contribution >= 0.6 is 11.3 Å². The highest BCUT2D eigenvalue weighted by Gasteiger charge is 2.45. The average molecular weight is 261 g/mol. The zero-order valence-electron chi connectivity index (χ0n) is 10.2. The van der Waals surface area contributed by atoms with Gasteiger partial charge in [0.05, 0.1) is 5.92 Å². The van der Waals surface area contributed by atoms with Crippen LogP contribution < -0.4 is 0 Å². The van der Waals surface area contributed by atoms with Crippen molar-refractivity contribution in [3.8, 4) is 0 Å². The standard InChI is InChI=1S/C14H15NO2S/c1-15(12-6-11(12)14(16)17)7-9-8-18-13-5-3-2-4-10(9)13/h2-5,8,11-12H,6-7H2,1H3,(H,16,17). The second kappa shape index (κ2) is 4.37. The minimum absolute atomic E-state index is 0.167. The molecule has 1 fully saturated rings. The van der Waals surface area contributed by atoms with E-state index in [9.17, 15) is 4.79 Å². The van der Waals surface area contributed by atoms with Gasteiger partial charge in [0.2, 0.25) is 0 Å². The van der Waals surface area contributed by atoms with Crippen molar-refractivity contribution in [2.75, 3.05) is 7.05 Å². The van der Waals surface area contributed by atoms with Crippen molar-refractivity contribution in [1.29, 1.82) is 0 Å². The molecule has 1 aliphatic rings. The maximum Gasteiger partial charge on any atom is 0.308 e. The largest absolute Gasteiger partial charge is 0.481 e. The van der Waals surface area contributed by atoms with E-state index >= 15 is 0 Å². The molecule has 0 bridgehead atoms. The number of hydrogen-bond donors (Lipinski definition) is 1. The molecule has 2 atom stereocenters. The molecular weight excluding hydrogens is 246 g/mol. The van der Waals surface area contributed by atoms with E-state index in [0.717, 1.165) is 13.0 Å². The van der Waals surface area contributed by atoms with Crippen molar-refractivity contribution in [2.24, 2.45) is 5.92 Å². The van der Waals surface area contributed by atoms with Crippen molar-refractivity contribution in [3.63, 3.8) is 0 Å². The van der Waals surface area contributed by atoms with E-state index in [2.05, 4.69) is 28.5 Å². The summed E-state index contributed by atoms with van der Waals surface area (Å²) in [6, 6.07) is 8.57. The predicted octanol–water partition coefficient (Wildman–Crippen LogP) is 2.81. The number of nitrogens with zero attached hydrogens (tertiary/aromatic N) is 1. The van der Waals surface area contributed by atoms with Crippen LogP contribution in [-0.4, -0.2) is 29.1 Å². The van der Waals surface area contributed by atoms with Crippen molar-refractivity contribution < 1.29 is 9.90 Å². The van der Waals surface area contributed by atoms with Crippen LogP contribution in [0.2, 0.25) is 0 Å². The van der Waals surface area contributed by atoms with Crippen LogP contribution in [0.25, 0.3) is 10.1 Å². The SMILES string of the molecule is CN(Cc1csc2ccccc12)C1CC1C(=O)O. The molecule has 18 heavy (non-hydrogen) atoms. The molecule has 0 amide bonds. The van der Waals surface area contributed by atoms with Crippen LogP contribution in [0, 0.1) is 5.92 Å². The maximum atomic E-state index is 10.9. The van der Waals surface area contributed by atoms with Gasteiger partial charge >= 0.3 is 5.97 Å². The third kappa shape index (κ3) is 2.02. The summed E-state index contributed by atoms with van der Waals surface area (Å²) in [7, 11) is 2.01. The zero-order chi connectivity index (χ0) is 12.7. The molecule has 1 aromatic carbocycles. The van der Waals surface area contributed by atoms with Gasteiger partial charge in [-0.25, -0.2) is 0 Å². The van der Waals surface area contributed by atoms with Gasteiger partial charge in [0.25, 0.3) is 0 Å². The van der Waals surface area contributed by atoms with Gasteiger partial charge in [-0.1, -0.05) is 18.2 Å². The molecule has 2 aromatic rings. The van der Waals surface area contributed by atoms with Gasteiger partial charge in [-0.05, 0) is 35.9 Å². The fourth-order valence-corrected chi connectivity index (χ4v) is 3.43. The van der Waals surface area contributed by atoms with Gasteiger partial charge in [0.15, 0.2) is 0 Å². The third-order valence-corrected chi connectivity index (χ3v) is 4.63. The third-order valence-electron chi connectivity index (χ3n) is 3.62. The Balaban J connectivity index is 1.75. The second-order valence-electron chi connectivity index (χ2n) is 4.92. The molecule has 2 unspecified atom stereocenters. The Labute approximate surface area is 110 Å². The molecule has 0 saturated heterocycles. The van der Waals surface area contributed by atoms with Gasteiger partial charge in [-0.2, -0.15) is 0 Å². The Bertz CT molecular complexity index is 592. The quantitative estimate of drug-likeness (QED) is 0.920. The first-order valence-electron chi connectivity index (χ1n) is 6.05. The first-order valence-corrected chi connectivity index (χ1v) is 6.93. The number of benzene rings is 1. The molecule has 1 aromatic heterocycles. The topological polar surface area (TPSA) is 40.5 Å². The summed E-state index contributed by atoms with van der Waals surface area (Å²) in [6.45, 7) is 0.832. The maximum absolute atomic E-state index is 10.9. The molecule has 1 N–H and O–H groups in total. The van der Waals surface area contributed by atoms with E-state index in [4.69, 9.17) is 5.11 Å². The van der Waals surface area contributed by atoms with Gasteiger partial charge in [-0.3, -0.25) is 9.69 Å². The van der Waals surface area contributed by atoms with E-state index < -0.39 is 5.97 Å². The summed E-state index contributed by atoms with van der Waals surface area (Å²) < 4.78 is 1.30. The number of carbonyl (C=O) groups is 1. The lowest BCUT2D eigenvalue weighted by molar-refractivity contribution is -0.138. The van der Waals surface area contributed by atoms with Crippen molar-refractivity contribution in [2.45, 2.75) is 19.0 Å². The van der Waals surface area contributed by atoms with Gasteiger partial charge in [-0.15, -0.1) is 11.3 Å². The van der Waals surface area contributed by atoms with E-state index in [0.29, 0.717) is 0 Å². The van der Waals surface area contributed by atoms with Crippen LogP contribution in [-0.2, 0) is 11.3 Å². The van der Waals surface area contributed by atoms with Gasteiger partial charge in [0.1, 0.15) is 0 Å². The smallest absolute Gasteiger partial charge is 0.308 e. The van der Waals surface area contributed by atoms with Gasteiger partial charge < -0.3 is 5.11 Å². The first-order chi connectivity index (χ1) is 8.66. The average Bonchev–Trinajstić information content (AvgIpc) is 3.08. The summed E-state index contributed by atoms with van der Waals surface area (Å²) in [5.41, 5.74) is 1.30. The number of fused-ring (bicyclic) bond motifs is 1. The Kier molecular flexibility index (Phi) is 2.84. The van der Waals surface area contributed by atoms with Crippen LogP contribution in [0.15, 0.2) is 29.6 Å². The molecule has 0 aliphatic heterocycles. The number of thiophene rings is 1. The minimum atomic E-state index is -0.665. The van der Waals surface area contributed by atoms with Gasteiger partial charge in [0, 0.05) is 17.3 Å². The lowest BCUT2D eigenvalue weighted by atomic mass is 10.1. The second-order valence-corrected chi connectivity index (χ2v) is 5.83. The minimum Gasteiger partial charge on any atom is -0.481 e. The molecule has 3 rings (SSSR count). The lowest BCUT2D eigenvalue weighted by Gasteiger charge is -2.15. The number of aliphatic carboxylic acids is 1. The van der Waals surface area contributed by atoms with Crippen molar-refractivity contribution in [1.82, 2.24) is 4.90 Å². The molecule has 3 nitrogen and oxygen atoms in total. The van der Waals surface area contributed by atoms with Crippen LogP contribution in [0.1, 0.15) is 12.0 Å². The lowest BCUT2D eigenvalue weighted by Crippen LogP contribution is -2.23. The number of hydrogen-bond acceptors (Lipinski definition) is 3. The summed E-state index contributed by atoms with van der Waals surface area (Å²) in [5.74, 6) is -0.832. The molecular formula is C14H15NO2S. The highest BCUT2D eigenvalue weighted by atomic mass is 32.1. The van der Waals surface area contributed by atoms with Crippen LogP contribution in [0.5, 0.6) is 0 Å². The number of rotatable bonds is 4. The van der Waals surface area contributed by atoms with E-state index in [1.165, 1.54) is 15.6 Å². The van der Waals surface area contributed by atoms with Crippen LogP contribution in [0.3, 0.4) is 0 Å². The summed E-state index contributed by atoms with van der Waals surface area (Å²) >= 11 is 1.75. The van der Waals surface area contributed by atoms with E-state index in [-0.39, 0.29) is 12.0 Å². The molecule has 1 heterocycles. The molecule has 0 radical (unpaired) electrons. The van der Waals surface area contributed by atoms with Crippen LogP contribution in [0.4, 0.5) is 0 Å². The molecule has 94 valence electrons. The first kappa shape index (κ1) is 11.7. The fourth-order valence-electron chi connectivity index (χ4n) is 2.48. The Morgan fingerprint density at radius 1 is 1.50 bits per heavy atom. The Morgan fingerprint density at radius 3 is 3.00 bits per heavy atom. The van der Waals surface area contributed by atoms with Crippen molar-refractivity contribution in [3.05, 3.63) is 35.2 Å². The Hall–Kier alpha value is -1.39. The molecule has 1 saturated carbocycles. The van der Waals surface area contributed by atoms with E-state index in [1.54, 1.807) is 11.3 Å². The monoisotopic (exact) mass is 261 g/mol. The molecule has 4 heteroatoms. The normalized spacial score (nSPS) is 22.6.